The van der Waals surface area contributed by atoms with Crippen LogP contribution in [0.25, 0.3) is 254 Å². The van der Waals surface area contributed by atoms with Gasteiger partial charge in [0.1, 0.15) is 0 Å². The van der Waals surface area contributed by atoms with Crippen LogP contribution < -0.4 is 0 Å². The Bertz CT molecular complexity index is 9460. The molecule has 0 atom stereocenters. The van der Waals surface area contributed by atoms with Crippen molar-refractivity contribution < 1.29 is 6.85 Å². The first-order valence-corrected chi connectivity index (χ1v) is 46.7. The molecular weight excluding hydrogens is 1700 g/mol. The lowest BCUT2D eigenvalue weighted by molar-refractivity contribution is 1.18. The van der Waals surface area contributed by atoms with E-state index in [2.05, 4.69) is 372 Å². The number of fused-ring (bicyclic) bond motifs is 11. The highest BCUT2D eigenvalue weighted by Gasteiger charge is 2.22. The Kier molecular flexibility index (Phi) is 21.1. The maximum atomic E-state index is 8.51. The predicted octanol–water partition coefficient (Wildman–Crippen LogP) is 33.8. The smallest absolute Gasteiger partial charge is 0.160 e. The maximum Gasteiger partial charge on any atom is 0.160 e. The van der Waals surface area contributed by atoms with Gasteiger partial charge in [0.05, 0.1) is 23.9 Å². The number of benzene rings is 20. The summed E-state index contributed by atoms with van der Waals surface area (Å²) < 4.78 is 41.4. The fourth-order valence-corrected chi connectivity index (χ4v) is 19.3. The predicted molar refractivity (Wildman–Crippen MR) is 581 cm³/mol. The minimum Gasteiger partial charge on any atom is -0.264 e. The Morgan fingerprint density at radius 1 is 0.150 bits per heavy atom. The number of hydrogen-bond acceptors (Lipinski definition) is 9. The molecule has 654 valence electrons. The van der Waals surface area contributed by atoms with E-state index in [0.717, 1.165) is 139 Å². The van der Waals surface area contributed by atoms with E-state index in [1.807, 2.05) is 116 Å². The Morgan fingerprint density at radius 2 is 0.493 bits per heavy atom. The first kappa shape index (κ1) is 78.6. The van der Waals surface area contributed by atoms with Crippen molar-refractivity contribution >= 4 is 86.2 Å². The quantitative estimate of drug-likeness (QED) is 0.0925. The van der Waals surface area contributed by atoms with Gasteiger partial charge in [-0.25, -0.2) is 29.9 Å². The van der Waals surface area contributed by atoms with Crippen LogP contribution in [0.1, 0.15) is 6.85 Å². The number of hydrogen-bond donors (Lipinski definition) is 0. The van der Waals surface area contributed by atoms with Crippen molar-refractivity contribution in [2.45, 2.75) is 0 Å². The topological polar surface area (TPSA) is 116 Å². The number of nitrogens with zero attached hydrogens (tertiary/aromatic N) is 9. The third kappa shape index (κ3) is 16.9. The summed E-state index contributed by atoms with van der Waals surface area (Å²) in [6.45, 7) is 0. The van der Waals surface area contributed by atoms with Gasteiger partial charge in [0, 0.05) is 128 Å². The fourth-order valence-electron chi connectivity index (χ4n) is 19.3. The third-order valence-electron chi connectivity index (χ3n) is 26.3. The van der Waals surface area contributed by atoms with Crippen LogP contribution in [-0.2, 0) is 0 Å². The lowest BCUT2D eigenvalue weighted by atomic mass is 9.93. The number of pyridine rings is 3. The van der Waals surface area contributed by atoms with Gasteiger partial charge in [-0.2, -0.15) is 0 Å². The molecule has 0 aliphatic rings. The molecular formula is C131H85N9. The maximum absolute atomic E-state index is 8.51. The molecule has 26 rings (SSSR count). The zero-order chi connectivity index (χ0) is 97.4. The molecule has 0 fully saturated rings. The minimum absolute atomic E-state index is 0.0364. The van der Waals surface area contributed by atoms with E-state index in [-0.39, 0.29) is 23.5 Å². The van der Waals surface area contributed by atoms with Crippen molar-refractivity contribution in [3.8, 4) is 168 Å². The van der Waals surface area contributed by atoms with E-state index < -0.39 is 18.1 Å². The average Bonchev–Trinajstić information content (AvgIpc) is 0.740. The van der Waals surface area contributed by atoms with Crippen LogP contribution >= 0.6 is 0 Å². The SMILES string of the molecule is [2H]c1c([2H])c([2H])c(-c2ncc(-c3cccc(-c4cccnc4)c3)c(-c3ccc(-c4ccc5ccccc5c4)cc3)n2)c([2H])c1[2H].c1cc(-c2ccc3ccccc3c2)cc(-c2nc(-c3cccc4ccccc34)ncc2-c2cccc(-c3cncc4ccccc34)c2)c1.c1cncc(-c2cccc(-c3cnc(-c4ccc5c6ccccc6c6ccccc6c5c4)nc3-c3ccc(-c4cccc5ccccc45)cc3)c2)c1. The average molecular weight is 1790 g/mol. The molecule has 0 saturated heterocycles. The monoisotopic (exact) mass is 1790 g/mol. The second-order valence-electron chi connectivity index (χ2n) is 34.8. The lowest BCUT2D eigenvalue weighted by Gasteiger charge is -2.15. The summed E-state index contributed by atoms with van der Waals surface area (Å²) in [5.74, 6) is 1.46. The highest BCUT2D eigenvalue weighted by molar-refractivity contribution is 6.26. The molecule has 0 aliphatic heterocycles. The second-order valence-corrected chi connectivity index (χ2v) is 34.8. The van der Waals surface area contributed by atoms with Gasteiger partial charge >= 0.3 is 0 Å². The van der Waals surface area contributed by atoms with E-state index in [0.29, 0.717) is 17.3 Å². The van der Waals surface area contributed by atoms with Gasteiger partial charge in [-0.1, -0.05) is 406 Å². The Labute approximate surface area is 817 Å². The summed E-state index contributed by atoms with van der Waals surface area (Å²) in [4.78, 5) is 43.4. The molecule has 0 amide bonds. The van der Waals surface area contributed by atoms with Crippen LogP contribution in [-0.4, -0.2) is 44.9 Å². The number of aromatic nitrogens is 9. The highest BCUT2D eigenvalue weighted by Crippen LogP contribution is 2.45. The molecule has 9 nitrogen and oxygen atoms in total. The molecule has 6 heterocycles. The third-order valence-corrected chi connectivity index (χ3v) is 26.3. The van der Waals surface area contributed by atoms with Crippen LogP contribution in [0.4, 0.5) is 0 Å². The number of rotatable bonds is 15. The molecule has 0 saturated carbocycles. The first-order valence-electron chi connectivity index (χ1n) is 49.2. The Balaban J connectivity index is 0.000000117. The molecule has 140 heavy (non-hydrogen) atoms. The lowest BCUT2D eigenvalue weighted by Crippen LogP contribution is -1.97. The molecule has 0 unspecified atom stereocenters. The summed E-state index contributed by atoms with van der Waals surface area (Å²) in [7, 11) is 0. The summed E-state index contributed by atoms with van der Waals surface area (Å²) in [6.07, 6.45) is 16.8. The van der Waals surface area contributed by atoms with Gasteiger partial charge in [-0.15, -0.1) is 0 Å². The molecule has 26 aromatic rings. The van der Waals surface area contributed by atoms with Crippen molar-refractivity contribution in [1.29, 1.82) is 0 Å². The zero-order valence-corrected chi connectivity index (χ0v) is 75.7. The Morgan fingerprint density at radius 3 is 1.03 bits per heavy atom. The van der Waals surface area contributed by atoms with Gasteiger partial charge in [-0.05, 0) is 202 Å². The molecule has 20 aromatic carbocycles. The van der Waals surface area contributed by atoms with Crippen molar-refractivity contribution in [3.05, 3.63) is 517 Å². The van der Waals surface area contributed by atoms with Crippen LogP contribution in [0, 0.1) is 0 Å². The van der Waals surface area contributed by atoms with Gasteiger partial charge in [0.2, 0.25) is 0 Å². The first-order chi connectivity index (χ1) is 71.4. The van der Waals surface area contributed by atoms with Crippen LogP contribution in [0.15, 0.2) is 517 Å². The van der Waals surface area contributed by atoms with Crippen LogP contribution in [0.5, 0.6) is 0 Å². The van der Waals surface area contributed by atoms with E-state index in [1.165, 1.54) is 86.7 Å². The molecule has 0 N–H and O–H groups in total. The molecule has 9 heteroatoms. The van der Waals surface area contributed by atoms with Crippen molar-refractivity contribution in [1.82, 2.24) is 44.9 Å². The zero-order valence-electron chi connectivity index (χ0n) is 80.7. The highest BCUT2D eigenvalue weighted by atomic mass is 14.9. The van der Waals surface area contributed by atoms with Crippen molar-refractivity contribution in [3.63, 3.8) is 0 Å². The minimum atomic E-state index is -0.456. The Hall–Kier alpha value is -18.8. The van der Waals surface area contributed by atoms with Gasteiger partial charge in [0.25, 0.3) is 0 Å². The molecule has 6 aromatic heterocycles. The van der Waals surface area contributed by atoms with E-state index >= 15 is 0 Å². The van der Waals surface area contributed by atoms with Gasteiger partial charge in [0.15, 0.2) is 17.5 Å². The molecule has 0 aliphatic carbocycles. The van der Waals surface area contributed by atoms with Gasteiger partial charge in [-0.3, -0.25) is 15.0 Å². The van der Waals surface area contributed by atoms with E-state index in [4.69, 9.17) is 31.8 Å². The van der Waals surface area contributed by atoms with Crippen LogP contribution in [0.3, 0.4) is 0 Å². The summed E-state index contributed by atoms with van der Waals surface area (Å²) >= 11 is 0. The summed E-state index contributed by atoms with van der Waals surface area (Å²) in [5, 5.41) is 19.3. The summed E-state index contributed by atoms with van der Waals surface area (Å²) in [5.41, 5.74) is 26.0. The molecule has 0 spiro atoms. The van der Waals surface area contributed by atoms with Crippen molar-refractivity contribution in [2.75, 3.05) is 0 Å². The van der Waals surface area contributed by atoms with E-state index in [1.54, 1.807) is 18.6 Å². The van der Waals surface area contributed by atoms with Crippen molar-refractivity contribution in [2.24, 2.45) is 0 Å². The standard InChI is InChI=1S/C49H31N3.C45H29N3.C37H25N3/c1-2-15-39-32(10-1)11-8-20-40(39)33-21-23-34(24-22-33)48-47(36-13-7-12-35(28-36)38-14-9-27-50-30-38)31-51-49(52-48)37-25-26-45-43-18-4-3-16-41(43)42-17-5-6-19-44(42)46(45)29-37;1-2-12-32-24-34(23-22-30(32)10-1)33-15-7-18-37(25-33)44-43(29-47-45(48-44)41-21-9-14-31-11-3-5-19-39(31)41)36-17-8-16-35(26-36)42-28-46-27-38-13-4-6-20-40(38)42;1-2-9-29(10-3-1)37-39-25-35(33-13-6-12-31(23-33)34-14-7-21-38-24-34)36(40-37)28-18-15-27(16-19-28)32-20-17-26-8-4-5-11-30(26)22-32/h1-31H;1-29H;1-25H/i;;1D,2D,3D,9D,10D. The van der Waals surface area contributed by atoms with Crippen LogP contribution in [0.2, 0.25) is 0 Å². The fraction of sp³-hybridized carbons (Fsp3) is 0. The molecule has 0 bridgehead atoms. The van der Waals surface area contributed by atoms with E-state index in [9.17, 15) is 0 Å². The second kappa shape index (κ2) is 37.6. The normalized spacial score (nSPS) is 11.8. The largest absolute Gasteiger partial charge is 0.264 e. The summed E-state index contributed by atoms with van der Waals surface area (Å²) in [6, 6.07) is 149. The molecule has 0 radical (unpaired) electrons. The van der Waals surface area contributed by atoms with Gasteiger partial charge < -0.3 is 0 Å².